The Kier molecular flexibility index (Phi) is 6.37. The fourth-order valence-electron chi connectivity index (χ4n) is 1.97. The van der Waals surface area contributed by atoms with Crippen LogP contribution in [0, 0.1) is 6.92 Å². The number of amides is 1. The minimum atomic E-state index is -0.352. The average Bonchev–Trinajstić information content (AvgIpc) is 2.99. The molecular weight excluding hydrogens is 306 g/mol. The summed E-state index contributed by atoms with van der Waals surface area (Å²) in [5, 5.41) is 2.72. The van der Waals surface area contributed by atoms with Gasteiger partial charge in [-0.3, -0.25) is 4.79 Å². The largest absolute Gasteiger partial charge is 0.462 e. The van der Waals surface area contributed by atoms with Crippen LogP contribution in [0.15, 0.2) is 46.9 Å². The van der Waals surface area contributed by atoms with Crippen molar-refractivity contribution in [2.45, 2.75) is 26.7 Å². The molecule has 0 aliphatic rings. The van der Waals surface area contributed by atoms with Crippen LogP contribution in [0.25, 0.3) is 6.08 Å². The molecule has 0 bridgehead atoms. The first-order valence-corrected chi connectivity index (χ1v) is 7.91. The third-order valence-corrected chi connectivity index (χ3v) is 3.28. The highest BCUT2D eigenvalue weighted by Gasteiger charge is 2.07. The summed E-state index contributed by atoms with van der Waals surface area (Å²) in [4.78, 5) is 23.6. The summed E-state index contributed by atoms with van der Waals surface area (Å²) in [6.07, 6.45) is 4.82. The van der Waals surface area contributed by atoms with E-state index in [0.29, 0.717) is 23.6 Å². The lowest BCUT2D eigenvalue weighted by Gasteiger charge is -2.05. The number of unbranched alkanes of at least 4 members (excludes halogenated alkanes) is 1. The molecule has 0 unspecified atom stereocenters. The molecule has 0 saturated heterocycles. The summed E-state index contributed by atoms with van der Waals surface area (Å²) in [6, 6.07) is 10.2. The molecule has 0 saturated carbocycles. The van der Waals surface area contributed by atoms with Crippen molar-refractivity contribution >= 4 is 23.6 Å². The van der Waals surface area contributed by atoms with Gasteiger partial charge in [-0.1, -0.05) is 13.3 Å². The number of aryl methyl sites for hydroxylation is 1. The van der Waals surface area contributed by atoms with Gasteiger partial charge in [0.25, 0.3) is 0 Å². The fraction of sp³-hybridized carbons (Fsp3) is 0.263. The second-order valence-corrected chi connectivity index (χ2v) is 5.34. The summed E-state index contributed by atoms with van der Waals surface area (Å²) in [5.41, 5.74) is 1.07. The molecule has 126 valence electrons. The van der Waals surface area contributed by atoms with Gasteiger partial charge in [0.2, 0.25) is 5.91 Å². The highest BCUT2D eigenvalue weighted by molar-refractivity contribution is 6.02. The summed E-state index contributed by atoms with van der Waals surface area (Å²) >= 11 is 0. The predicted molar refractivity (Wildman–Crippen MR) is 92.7 cm³/mol. The van der Waals surface area contributed by atoms with Gasteiger partial charge in [0.15, 0.2) is 0 Å². The van der Waals surface area contributed by atoms with Gasteiger partial charge < -0.3 is 14.5 Å². The number of ether oxygens (including phenoxy) is 1. The molecule has 1 aromatic heterocycles. The van der Waals surface area contributed by atoms with E-state index in [1.54, 1.807) is 36.4 Å². The van der Waals surface area contributed by atoms with Crippen LogP contribution in [0.3, 0.4) is 0 Å². The highest BCUT2D eigenvalue weighted by atomic mass is 16.5. The normalized spacial score (nSPS) is 10.8. The Morgan fingerprint density at radius 2 is 1.92 bits per heavy atom. The molecule has 24 heavy (non-hydrogen) atoms. The molecule has 0 aliphatic carbocycles. The Labute approximate surface area is 141 Å². The lowest BCUT2D eigenvalue weighted by Crippen LogP contribution is -2.09. The third-order valence-electron chi connectivity index (χ3n) is 3.28. The molecule has 0 atom stereocenters. The molecule has 1 N–H and O–H groups in total. The van der Waals surface area contributed by atoms with Gasteiger partial charge in [0.1, 0.15) is 11.5 Å². The number of rotatable bonds is 7. The lowest BCUT2D eigenvalue weighted by molar-refractivity contribution is -0.111. The first kappa shape index (κ1) is 17.5. The van der Waals surface area contributed by atoms with Crippen LogP contribution >= 0.6 is 0 Å². The topological polar surface area (TPSA) is 68.5 Å². The third kappa shape index (κ3) is 5.43. The van der Waals surface area contributed by atoms with Crippen LogP contribution in [0.2, 0.25) is 0 Å². The maximum Gasteiger partial charge on any atom is 0.338 e. The molecule has 1 heterocycles. The number of benzene rings is 1. The molecule has 0 spiro atoms. The SMILES string of the molecule is CCCCOC(=O)c1ccc(NC(=O)C=Cc2ccc(C)o2)cc1. The van der Waals surface area contributed by atoms with Crippen molar-refractivity contribution in [3.05, 3.63) is 59.6 Å². The van der Waals surface area contributed by atoms with E-state index in [-0.39, 0.29) is 11.9 Å². The van der Waals surface area contributed by atoms with Crippen LogP contribution in [0.4, 0.5) is 5.69 Å². The first-order valence-electron chi connectivity index (χ1n) is 7.91. The van der Waals surface area contributed by atoms with E-state index in [1.807, 2.05) is 19.9 Å². The second-order valence-electron chi connectivity index (χ2n) is 5.34. The fourth-order valence-corrected chi connectivity index (χ4v) is 1.97. The zero-order valence-electron chi connectivity index (χ0n) is 13.9. The molecule has 5 heteroatoms. The number of hydrogen-bond acceptors (Lipinski definition) is 4. The Bertz CT molecular complexity index is 713. The summed E-state index contributed by atoms with van der Waals surface area (Å²) in [7, 11) is 0. The van der Waals surface area contributed by atoms with Crippen LogP contribution in [-0.2, 0) is 9.53 Å². The van der Waals surface area contributed by atoms with Gasteiger partial charge in [0, 0.05) is 11.8 Å². The van der Waals surface area contributed by atoms with E-state index in [4.69, 9.17) is 9.15 Å². The first-order chi connectivity index (χ1) is 11.6. The quantitative estimate of drug-likeness (QED) is 0.470. The van der Waals surface area contributed by atoms with Crippen LogP contribution in [-0.4, -0.2) is 18.5 Å². The molecule has 1 aromatic carbocycles. The zero-order chi connectivity index (χ0) is 17.4. The van der Waals surface area contributed by atoms with E-state index in [2.05, 4.69) is 5.32 Å². The van der Waals surface area contributed by atoms with Crippen LogP contribution in [0.5, 0.6) is 0 Å². The van der Waals surface area contributed by atoms with E-state index >= 15 is 0 Å². The van der Waals surface area contributed by atoms with Crippen molar-refractivity contribution < 1.29 is 18.7 Å². The molecule has 0 fully saturated rings. The minimum absolute atomic E-state index is 0.276. The van der Waals surface area contributed by atoms with Crippen molar-refractivity contribution in [2.24, 2.45) is 0 Å². The molecular formula is C19H21NO4. The molecule has 0 radical (unpaired) electrons. The van der Waals surface area contributed by atoms with Gasteiger partial charge in [-0.2, -0.15) is 0 Å². The minimum Gasteiger partial charge on any atom is -0.462 e. The van der Waals surface area contributed by atoms with Crippen molar-refractivity contribution in [2.75, 3.05) is 11.9 Å². The van der Waals surface area contributed by atoms with Gasteiger partial charge >= 0.3 is 5.97 Å². The monoisotopic (exact) mass is 327 g/mol. The van der Waals surface area contributed by atoms with E-state index in [9.17, 15) is 9.59 Å². The van der Waals surface area contributed by atoms with Crippen molar-refractivity contribution in [1.29, 1.82) is 0 Å². The molecule has 2 aromatic rings. The van der Waals surface area contributed by atoms with Crippen molar-refractivity contribution in [1.82, 2.24) is 0 Å². The van der Waals surface area contributed by atoms with Gasteiger partial charge in [-0.15, -0.1) is 0 Å². The number of carbonyl (C=O) groups is 2. The smallest absolute Gasteiger partial charge is 0.338 e. The lowest BCUT2D eigenvalue weighted by atomic mass is 10.2. The summed E-state index contributed by atoms with van der Waals surface area (Å²) < 4.78 is 10.5. The number of furan rings is 1. The number of anilines is 1. The van der Waals surface area contributed by atoms with Crippen LogP contribution < -0.4 is 5.32 Å². The zero-order valence-corrected chi connectivity index (χ0v) is 13.9. The number of hydrogen-bond donors (Lipinski definition) is 1. The summed E-state index contributed by atoms with van der Waals surface area (Å²) in [6.45, 7) is 4.30. The molecule has 5 nitrogen and oxygen atoms in total. The highest BCUT2D eigenvalue weighted by Crippen LogP contribution is 2.12. The molecule has 0 aliphatic heterocycles. The van der Waals surface area contributed by atoms with Gasteiger partial charge in [0.05, 0.1) is 12.2 Å². The average molecular weight is 327 g/mol. The van der Waals surface area contributed by atoms with E-state index < -0.39 is 0 Å². The van der Waals surface area contributed by atoms with Gasteiger partial charge in [-0.05, 0) is 55.8 Å². The Morgan fingerprint density at radius 3 is 2.54 bits per heavy atom. The standard InChI is InChI=1S/C19H21NO4/c1-3-4-13-23-19(22)15-6-8-16(9-7-15)20-18(21)12-11-17-10-5-14(2)24-17/h5-12H,3-4,13H2,1-2H3,(H,20,21). The Hall–Kier alpha value is -2.82. The number of esters is 1. The van der Waals surface area contributed by atoms with Gasteiger partial charge in [-0.25, -0.2) is 4.79 Å². The number of carbonyl (C=O) groups excluding carboxylic acids is 2. The Morgan fingerprint density at radius 1 is 1.17 bits per heavy atom. The van der Waals surface area contributed by atoms with E-state index in [1.165, 1.54) is 6.08 Å². The molecule has 1 amide bonds. The van der Waals surface area contributed by atoms with Crippen LogP contribution in [0.1, 0.15) is 41.6 Å². The maximum atomic E-state index is 11.9. The van der Waals surface area contributed by atoms with Crippen molar-refractivity contribution in [3.63, 3.8) is 0 Å². The second kappa shape index (κ2) is 8.72. The van der Waals surface area contributed by atoms with Crippen molar-refractivity contribution in [3.8, 4) is 0 Å². The Balaban J connectivity index is 1.87. The molecule has 2 rings (SSSR count). The predicted octanol–water partition coefficient (Wildman–Crippen LogP) is 4.20. The number of nitrogens with one attached hydrogen (secondary N) is 1. The maximum absolute atomic E-state index is 11.9. The van der Waals surface area contributed by atoms with E-state index in [0.717, 1.165) is 18.6 Å². The summed E-state index contributed by atoms with van der Waals surface area (Å²) in [5.74, 6) is 0.779.